The highest BCUT2D eigenvalue weighted by Crippen LogP contribution is 2.23. The number of thiazole rings is 1. The molecule has 0 fully saturated rings. The average molecular weight is 455 g/mol. The molecule has 0 bridgehead atoms. The second-order valence-electron chi connectivity index (χ2n) is 5.72. The molecule has 0 spiro atoms. The zero-order chi connectivity index (χ0) is 18.7. The molecule has 0 aliphatic carbocycles. The van der Waals surface area contributed by atoms with Gasteiger partial charge in [0.15, 0.2) is 0 Å². The molecule has 26 heavy (non-hydrogen) atoms. The van der Waals surface area contributed by atoms with Gasteiger partial charge in [0.1, 0.15) is 0 Å². The molecule has 0 saturated carbocycles. The van der Waals surface area contributed by atoms with E-state index in [-0.39, 0.29) is 4.90 Å². The standard InChI is InChI=1S/C18H19BrN2O3S2/c1-3-24-11-10-21-16-9-6-14(19)12-17(16)25-18(21)20-26(22,23)15-7-4-13(2)5-8-15/h4-9,12H,3,10-11H2,1-2H3/b20-18-. The van der Waals surface area contributed by atoms with Gasteiger partial charge in [-0.25, -0.2) is 0 Å². The Labute approximate surface area is 165 Å². The van der Waals surface area contributed by atoms with E-state index in [0.29, 0.717) is 24.6 Å². The smallest absolute Gasteiger partial charge is 0.285 e. The highest BCUT2D eigenvalue weighted by atomic mass is 79.9. The third kappa shape index (κ3) is 4.25. The third-order valence-corrected chi connectivity index (χ3v) is 6.76. The van der Waals surface area contributed by atoms with E-state index in [1.165, 1.54) is 11.3 Å². The van der Waals surface area contributed by atoms with Crippen LogP contribution in [0.1, 0.15) is 12.5 Å². The van der Waals surface area contributed by atoms with Gasteiger partial charge in [0, 0.05) is 17.6 Å². The molecular formula is C18H19BrN2O3S2. The fourth-order valence-electron chi connectivity index (χ4n) is 2.50. The highest BCUT2D eigenvalue weighted by molar-refractivity contribution is 9.10. The Balaban J connectivity index is 2.14. The van der Waals surface area contributed by atoms with Crippen LogP contribution in [0.25, 0.3) is 10.2 Å². The summed E-state index contributed by atoms with van der Waals surface area (Å²) in [7, 11) is -3.78. The molecule has 2 aromatic carbocycles. The molecule has 8 heteroatoms. The number of aryl methyl sites for hydroxylation is 1. The Morgan fingerprint density at radius 2 is 1.92 bits per heavy atom. The number of ether oxygens (including phenoxy) is 1. The fourth-order valence-corrected chi connectivity index (χ4v) is 5.31. The average Bonchev–Trinajstić information content (AvgIpc) is 2.91. The van der Waals surface area contributed by atoms with Crippen LogP contribution in [0.15, 0.2) is 56.2 Å². The number of nitrogens with zero attached hydrogens (tertiary/aromatic N) is 2. The van der Waals surface area contributed by atoms with Gasteiger partial charge < -0.3 is 9.30 Å². The maximum absolute atomic E-state index is 12.7. The Bertz CT molecular complexity index is 1080. The normalized spacial score (nSPS) is 12.8. The summed E-state index contributed by atoms with van der Waals surface area (Å²) in [4.78, 5) is 0.636. The second kappa shape index (κ2) is 8.04. The van der Waals surface area contributed by atoms with Crippen molar-refractivity contribution in [3.63, 3.8) is 0 Å². The van der Waals surface area contributed by atoms with E-state index in [2.05, 4.69) is 20.3 Å². The van der Waals surface area contributed by atoms with E-state index in [0.717, 1.165) is 20.3 Å². The van der Waals surface area contributed by atoms with Crippen molar-refractivity contribution in [2.75, 3.05) is 13.2 Å². The number of fused-ring (bicyclic) bond motifs is 1. The first-order chi connectivity index (χ1) is 12.4. The van der Waals surface area contributed by atoms with Gasteiger partial charge in [-0.15, -0.1) is 4.40 Å². The van der Waals surface area contributed by atoms with Gasteiger partial charge in [-0.3, -0.25) is 0 Å². The van der Waals surface area contributed by atoms with Crippen molar-refractivity contribution >= 4 is 47.5 Å². The number of hydrogen-bond donors (Lipinski definition) is 0. The van der Waals surface area contributed by atoms with Crippen LogP contribution >= 0.6 is 27.3 Å². The molecule has 138 valence electrons. The van der Waals surface area contributed by atoms with Crippen molar-refractivity contribution in [1.82, 2.24) is 4.57 Å². The number of halogens is 1. The first kappa shape index (κ1) is 19.3. The Hall–Kier alpha value is -1.48. The second-order valence-corrected chi connectivity index (χ2v) is 9.25. The number of hydrogen-bond acceptors (Lipinski definition) is 4. The van der Waals surface area contributed by atoms with E-state index in [1.807, 2.05) is 36.6 Å². The molecule has 0 saturated heterocycles. The van der Waals surface area contributed by atoms with E-state index in [9.17, 15) is 8.42 Å². The third-order valence-electron chi connectivity index (χ3n) is 3.83. The van der Waals surface area contributed by atoms with Crippen molar-refractivity contribution in [3.8, 4) is 0 Å². The van der Waals surface area contributed by atoms with Gasteiger partial charge >= 0.3 is 0 Å². The first-order valence-electron chi connectivity index (χ1n) is 8.15. The number of benzene rings is 2. The van der Waals surface area contributed by atoms with Crippen LogP contribution in [0.3, 0.4) is 0 Å². The molecule has 0 unspecified atom stereocenters. The van der Waals surface area contributed by atoms with E-state index < -0.39 is 10.0 Å². The summed E-state index contributed by atoms with van der Waals surface area (Å²) in [6.45, 7) is 5.50. The molecule has 5 nitrogen and oxygen atoms in total. The van der Waals surface area contributed by atoms with Crippen LogP contribution in [-0.2, 0) is 21.3 Å². The molecule has 0 radical (unpaired) electrons. The Morgan fingerprint density at radius 3 is 2.62 bits per heavy atom. The van der Waals surface area contributed by atoms with Crippen molar-refractivity contribution in [2.24, 2.45) is 4.40 Å². The lowest BCUT2D eigenvalue weighted by Gasteiger charge is -2.06. The van der Waals surface area contributed by atoms with Crippen molar-refractivity contribution < 1.29 is 13.2 Å². The van der Waals surface area contributed by atoms with Crippen molar-refractivity contribution in [3.05, 3.63) is 57.3 Å². The highest BCUT2D eigenvalue weighted by Gasteiger charge is 2.15. The minimum atomic E-state index is -3.78. The van der Waals surface area contributed by atoms with Gasteiger partial charge in [0.2, 0.25) is 4.80 Å². The van der Waals surface area contributed by atoms with Gasteiger partial charge in [0.25, 0.3) is 10.0 Å². The molecule has 0 atom stereocenters. The Morgan fingerprint density at radius 1 is 1.19 bits per heavy atom. The number of rotatable bonds is 6. The lowest BCUT2D eigenvalue weighted by atomic mass is 10.2. The predicted octanol–water partition coefficient (Wildman–Crippen LogP) is 4.10. The summed E-state index contributed by atoms with van der Waals surface area (Å²) in [6, 6.07) is 12.6. The molecule has 0 amide bonds. The summed E-state index contributed by atoms with van der Waals surface area (Å²) in [5.74, 6) is 0. The molecule has 0 aliphatic heterocycles. The lowest BCUT2D eigenvalue weighted by Crippen LogP contribution is -2.19. The maximum atomic E-state index is 12.7. The maximum Gasteiger partial charge on any atom is 0.285 e. The zero-order valence-electron chi connectivity index (χ0n) is 14.5. The van der Waals surface area contributed by atoms with Gasteiger partial charge in [-0.05, 0) is 44.2 Å². The summed E-state index contributed by atoms with van der Waals surface area (Å²) in [5, 5.41) is 0. The summed E-state index contributed by atoms with van der Waals surface area (Å²) < 4.78 is 38.8. The minimum Gasteiger partial charge on any atom is -0.380 e. The SMILES string of the molecule is CCOCCn1/c(=N/S(=O)(=O)c2ccc(C)cc2)sc2cc(Br)ccc21. The molecule has 3 rings (SSSR count). The fraction of sp³-hybridized carbons (Fsp3) is 0.278. The largest absolute Gasteiger partial charge is 0.380 e. The summed E-state index contributed by atoms with van der Waals surface area (Å²) in [6.07, 6.45) is 0. The van der Waals surface area contributed by atoms with Crippen LogP contribution in [0.4, 0.5) is 0 Å². The van der Waals surface area contributed by atoms with Crippen LogP contribution in [0.2, 0.25) is 0 Å². The van der Waals surface area contributed by atoms with Crippen LogP contribution < -0.4 is 4.80 Å². The number of aromatic nitrogens is 1. The molecule has 3 aromatic rings. The van der Waals surface area contributed by atoms with Gasteiger partial charge in [-0.2, -0.15) is 8.42 Å². The van der Waals surface area contributed by atoms with Crippen LogP contribution in [0.5, 0.6) is 0 Å². The quantitative estimate of drug-likeness (QED) is 0.526. The Kier molecular flexibility index (Phi) is 5.96. The summed E-state index contributed by atoms with van der Waals surface area (Å²) in [5.41, 5.74) is 1.94. The molecular weight excluding hydrogens is 436 g/mol. The molecule has 0 aliphatic rings. The van der Waals surface area contributed by atoms with Crippen molar-refractivity contribution in [2.45, 2.75) is 25.3 Å². The number of sulfonamides is 1. The predicted molar refractivity (Wildman–Crippen MR) is 108 cm³/mol. The van der Waals surface area contributed by atoms with Crippen LogP contribution in [-0.4, -0.2) is 26.2 Å². The lowest BCUT2D eigenvalue weighted by molar-refractivity contribution is 0.139. The van der Waals surface area contributed by atoms with Gasteiger partial charge in [-0.1, -0.05) is 45.0 Å². The van der Waals surface area contributed by atoms with Crippen LogP contribution in [0, 0.1) is 6.92 Å². The zero-order valence-corrected chi connectivity index (χ0v) is 17.7. The van der Waals surface area contributed by atoms with E-state index in [4.69, 9.17) is 4.74 Å². The first-order valence-corrected chi connectivity index (χ1v) is 11.2. The topological polar surface area (TPSA) is 60.7 Å². The van der Waals surface area contributed by atoms with Gasteiger partial charge in [0.05, 0.1) is 21.7 Å². The summed E-state index contributed by atoms with van der Waals surface area (Å²) >= 11 is 4.81. The molecule has 0 N–H and O–H groups in total. The van der Waals surface area contributed by atoms with Crippen molar-refractivity contribution in [1.29, 1.82) is 0 Å². The van der Waals surface area contributed by atoms with E-state index in [1.54, 1.807) is 24.3 Å². The monoisotopic (exact) mass is 454 g/mol. The molecule has 1 aromatic heterocycles. The molecule has 1 heterocycles. The minimum absolute atomic E-state index is 0.193. The van der Waals surface area contributed by atoms with E-state index >= 15 is 0 Å².